The highest BCUT2D eigenvalue weighted by atomic mass is 32.1. The monoisotopic (exact) mass is 418 g/mol. The van der Waals surface area contributed by atoms with Crippen LogP contribution in [0.5, 0.6) is 11.5 Å². The van der Waals surface area contributed by atoms with Crippen molar-refractivity contribution < 1.29 is 9.47 Å². The summed E-state index contributed by atoms with van der Waals surface area (Å²) in [4.78, 5) is 0. The highest BCUT2D eigenvalue weighted by Gasteiger charge is 2.10. The van der Waals surface area contributed by atoms with E-state index in [1.54, 1.807) is 18.0 Å². The number of rotatable bonds is 6. The average molecular weight is 419 g/mol. The number of aryl methyl sites for hydroxylation is 2. The van der Waals surface area contributed by atoms with E-state index in [0.29, 0.717) is 10.6 Å². The lowest BCUT2D eigenvalue weighted by Crippen LogP contribution is -2.05. The van der Waals surface area contributed by atoms with E-state index in [9.17, 15) is 0 Å². The van der Waals surface area contributed by atoms with Gasteiger partial charge in [-0.3, -0.25) is 0 Å². The molecule has 4 aromatic rings. The molecule has 30 heavy (non-hydrogen) atoms. The van der Waals surface area contributed by atoms with Crippen molar-refractivity contribution in [2.45, 2.75) is 20.5 Å². The molecule has 0 spiro atoms. The van der Waals surface area contributed by atoms with E-state index < -0.39 is 0 Å². The fourth-order valence-electron chi connectivity index (χ4n) is 3.34. The Kier molecular flexibility index (Phi) is 5.63. The van der Waals surface area contributed by atoms with Crippen LogP contribution in [0.4, 0.5) is 0 Å². The van der Waals surface area contributed by atoms with Crippen molar-refractivity contribution in [2.24, 2.45) is 5.10 Å². The highest BCUT2D eigenvalue weighted by molar-refractivity contribution is 7.71. The second-order valence-electron chi connectivity index (χ2n) is 6.96. The summed E-state index contributed by atoms with van der Waals surface area (Å²) >= 11 is 5.36. The third-order valence-electron chi connectivity index (χ3n) is 4.86. The van der Waals surface area contributed by atoms with Crippen LogP contribution in [0.2, 0.25) is 0 Å². The van der Waals surface area contributed by atoms with Gasteiger partial charge in [-0.05, 0) is 54.5 Å². The fourth-order valence-corrected chi connectivity index (χ4v) is 3.54. The van der Waals surface area contributed by atoms with Crippen LogP contribution in [0.3, 0.4) is 0 Å². The van der Waals surface area contributed by atoms with E-state index in [1.165, 1.54) is 5.56 Å². The van der Waals surface area contributed by atoms with Crippen molar-refractivity contribution in [1.29, 1.82) is 0 Å². The average Bonchev–Trinajstić information content (AvgIpc) is 3.10. The van der Waals surface area contributed by atoms with Crippen molar-refractivity contribution >= 4 is 29.2 Å². The van der Waals surface area contributed by atoms with Gasteiger partial charge in [0.1, 0.15) is 18.1 Å². The molecule has 0 aliphatic heterocycles. The molecule has 0 bridgehead atoms. The molecule has 0 radical (unpaired) electrons. The van der Waals surface area contributed by atoms with Crippen molar-refractivity contribution in [2.75, 3.05) is 7.11 Å². The Bertz CT molecular complexity index is 1290. The predicted octanol–water partition coefficient (Wildman–Crippen LogP) is 5.18. The van der Waals surface area contributed by atoms with Gasteiger partial charge in [-0.1, -0.05) is 48.0 Å². The van der Waals surface area contributed by atoms with E-state index in [1.807, 2.05) is 49.4 Å². The summed E-state index contributed by atoms with van der Waals surface area (Å²) in [6.07, 6.45) is 1.74. The molecule has 0 saturated heterocycles. The summed E-state index contributed by atoms with van der Waals surface area (Å²) in [6, 6.07) is 18.1. The maximum absolute atomic E-state index is 5.95. The van der Waals surface area contributed by atoms with Gasteiger partial charge in [0, 0.05) is 5.56 Å². The fraction of sp³-hybridized carbons (Fsp3) is 0.174. The Labute approximate surface area is 179 Å². The van der Waals surface area contributed by atoms with Crippen LogP contribution in [0.15, 0.2) is 59.7 Å². The van der Waals surface area contributed by atoms with Gasteiger partial charge >= 0.3 is 0 Å². The minimum atomic E-state index is 0.237. The van der Waals surface area contributed by atoms with Gasteiger partial charge in [0.15, 0.2) is 5.82 Å². The lowest BCUT2D eigenvalue weighted by atomic mass is 10.0. The number of nitrogens with one attached hydrogen (secondary N) is 1. The molecule has 0 saturated carbocycles. The third-order valence-corrected chi connectivity index (χ3v) is 5.12. The van der Waals surface area contributed by atoms with Gasteiger partial charge in [0.05, 0.1) is 13.3 Å². The maximum atomic E-state index is 5.95. The standard InChI is InChI=1S/C23H22N4O2S/c1-15-8-10-20(16(2)12-15)29-14-22-25-26-23(30)27(22)24-13-19-18-7-5-4-6-17(18)9-11-21(19)28-3/h4-13H,14H2,1-3H3,(H,26,30). The van der Waals surface area contributed by atoms with E-state index in [2.05, 4.69) is 34.4 Å². The second-order valence-corrected chi connectivity index (χ2v) is 7.35. The van der Waals surface area contributed by atoms with Crippen LogP contribution < -0.4 is 9.47 Å². The molecule has 152 valence electrons. The topological polar surface area (TPSA) is 64.4 Å². The van der Waals surface area contributed by atoms with Crippen LogP contribution in [0.1, 0.15) is 22.5 Å². The number of aromatic amines is 1. The van der Waals surface area contributed by atoms with E-state index >= 15 is 0 Å². The molecule has 1 heterocycles. The molecule has 4 rings (SSSR count). The summed E-state index contributed by atoms with van der Waals surface area (Å²) in [5.74, 6) is 2.12. The van der Waals surface area contributed by atoms with E-state index in [4.69, 9.17) is 21.7 Å². The summed E-state index contributed by atoms with van der Waals surface area (Å²) < 4.78 is 13.5. The molecule has 0 unspecified atom stereocenters. The van der Waals surface area contributed by atoms with Crippen LogP contribution in [0.25, 0.3) is 10.8 Å². The Morgan fingerprint density at radius 3 is 2.70 bits per heavy atom. The largest absolute Gasteiger partial charge is 0.496 e. The van der Waals surface area contributed by atoms with Crippen molar-refractivity contribution in [1.82, 2.24) is 14.9 Å². The Morgan fingerprint density at radius 1 is 1.10 bits per heavy atom. The molecule has 0 amide bonds. The molecule has 0 fully saturated rings. The maximum Gasteiger partial charge on any atom is 0.216 e. The molecule has 1 N–H and O–H groups in total. The van der Waals surface area contributed by atoms with Crippen molar-refractivity contribution in [3.8, 4) is 11.5 Å². The second kappa shape index (κ2) is 8.51. The summed E-state index contributed by atoms with van der Waals surface area (Å²) in [5.41, 5.74) is 3.13. The third kappa shape index (κ3) is 3.97. The zero-order valence-corrected chi connectivity index (χ0v) is 17.9. The number of hydrogen-bond donors (Lipinski definition) is 1. The molecular formula is C23H22N4O2S. The zero-order valence-electron chi connectivity index (χ0n) is 17.0. The zero-order chi connectivity index (χ0) is 21.1. The first-order chi connectivity index (χ1) is 14.6. The minimum Gasteiger partial charge on any atom is -0.496 e. The number of nitrogens with zero attached hydrogens (tertiary/aromatic N) is 3. The van der Waals surface area contributed by atoms with Gasteiger partial charge in [-0.25, -0.2) is 5.10 Å². The summed E-state index contributed by atoms with van der Waals surface area (Å²) in [6.45, 7) is 4.31. The molecule has 0 aliphatic carbocycles. The number of hydrogen-bond acceptors (Lipinski definition) is 5. The Balaban J connectivity index is 1.65. The van der Waals surface area contributed by atoms with Gasteiger partial charge in [-0.15, -0.1) is 0 Å². The number of methoxy groups -OCH3 is 1. The van der Waals surface area contributed by atoms with Crippen molar-refractivity contribution in [3.63, 3.8) is 0 Å². The number of fused-ring (bicyclic) bond motifs is 1. The number of benzene rings is 3. The van der Waals surface area contributed by atoms with Crippen molar-refractivity contribution in [3.05, 3.63) is 81.9 Å². The molecular weight excluding hydrogens is 396 g/mol. The molecule has 7 heteroatoms. The van der Waals surface area contributed by atoms with Crippen LogP contribution >= 0.6 is 12.2 Å². The summed E-state index contributed by atoms with van der Waals surface area (Å²) in [5, 5.41) is 13.8. The molecule has 0 atom stereocenters. The van der Waals surface area contributed by atoms with Gasteiger partial charge in [0.2, 0.25) is 4.77 Å². The lowest BCUT2D eigenvalue weighted by molar-refractivity contribution is 0.288. The first-order valence-electron chi connectivity index (χ1n) is 9.53. The van der Waals surface area contributed by atoms with Gasteiger partial charge in [-0.2, -0.15) is 14.9 Å². The summed E-state index contributed by atoms with van der Waals surface area (Å²) in [7, 11) is 1.65. The first kappa shape index (κ1) is 19.8. The smallest absolute Gasteiger partial charge is 0.216 e. The Morgan fingerprint density at radius 2 is 1.90 bits per heavy atom. The quantitative estimate of drug-likeness (QED) is 0.346. The minimum absolute atomic E-state index is 0.237. The number of H-pyrrole nitrogens is 1. The van der Waals surface area contributed by atoms with Gasteiger partial charge < -0.3 is 9.47 Å². The molecule has 0 aliphatic rings. The van der Waals surface area contributed by atoms with Crippen LogP contribution in [-0.4, -0.2) is 28.2 Å². The number of aromatic nitrogens is 3. The number of ether oxygens (including phenoxy) is 2. The lowest BCUT2D eigenvalue weighted by Gasteiger charge is -2.10. The molecule has 6 nitrogen and oxygen atoms in total. The van der Waals surface area contributed by atoms with Crippen LogP contribution in [0, 0.1) is 18.6 Å². The SMILES string of the molecule is COc1ccc2ccccc2c1C=Nn1c(COc2ccc(C)cc2C)n[nH]c1=S. The van der Waals surface area contributed by atoms with E-state index in [-0.39, 0.29) is 6.61 Å². The normalized spacial score (nSPS) is 11.3. The molecule has 1 aromatic heterocycles. The van der Waals surface area contributed by atoms with Gasteiger partial charge in [0.25, 0.3) is 0 Å². The van der Waals surface area contributed by atoms with Crippen LogP contribution in [-0.2, 0) is 6.61 Å². The first-order valence-corrected chi connectivity index (χ1v) is 9.94. The Hall–Kier alpha value is -3.45. The predicted molar refractivity (Wildman–Crippen MR) is 121 cm³/mol. The van der Waals surface area contributed by atoms with E-state index in [0.717, 1.165) is 33.4 Å². The molecule has 3 aromatic carbocycles. The highest BCUT2D eigenvalue weighted by Crippen LogP contribution is 2.26.